The van der Waals surface area contributed by atoms with Gasteiger partial charge >= 0.3 is 0 Å². The van der Waals surface area contributed by atoms with Gasteiger partial charge in [-0.3, -0.25) is 9.59 Å². The van der Waals surface area contributed by atoms with Crippen LogP contribution in [0.4, 0.5) is 0 Å². The van der Waals surface area contributed by atoms with Gasteiger partial charge in [-0.05, 0) is 39.0 Å². The average Bonchev–Trinajstić information content (AvgIpc) is 3.22. The van der Waals surface area contributed by atoms with Gasteiger partial charge < -0.3 is 15.1 Å². The molecule has 0 spiro atoms. The number of amides is 2. The van der Waals surface area contributed by atoms with E-state index in [1.807, 2.05) is 4.90 Å². The van der Waals surface area contributed by atoms with E-state index in [4.69, 9.17) is 0 Å². The highest BCUT2D eigenvalue weighted by Crippen LogP contribution is 2.29. The number of likely N-dealkylation sites (tertiary alicyclic amines) is 2. The molecule has 0 aromatic heterocycles. The zero-order valence-electron chi connectivity index (χ0n) is 15.2. The maximum atomic E-state index is 12.4. The maximum Gasteiger partial charge on any atom is 0.225 e. The van der Waals surface area contributed by atoms with E-state index >= 15 is 0 Å². The Morgan fingerprint density at radius 2 is 1.96 bits per heavy atom. The molecular formula is C19H34N3O2+. The summed E-state index contributed by atoms with van der Waals surface area (Å²) in [4.78, 5) is 28.2. The highest BCUT2D eigenvalue weighted by Gasteiger charge is 2.38. The van der Waals surface area contributed by atoms with Crippen LogP contribution in [-0.4, -0.2) is 55.0 Å². The smallest absolute Gasteiger partial charge is 0.225 e. The van der Waals surface area contributed by atoms with E-state index in [-0.39, 0.29) is 17.7 Å². The Bertz CT molecular complexity index is 448. The lowest BCUT2D eigenvalue weighted by atomic mass is 10.0. The molecule has 3 aliphatic rings. The van der Waals surface area contributed by atoms with Gasteiger partial charge in [-0.1, -0.05) is 12.8 Å². The minimum atomic E-state index is -0.126. The zero-order valence-corrected chi connectivity index (χ0v) is 15.2. The molecule has 3 rings (SSSR count). The monoisotopic (exact) mass is 336 g/mol. The largest absolute Gasteiger partial charge is 0.356 e. The molecule has 0 bridgehead atoms. The predicted octanol–water partition coefficient (Wildman–Crippen LogP) is 0.741. The van der Waals surface area contributed by atoms with Crippen LogP contribution in [0.15, 0.2) is 0 Å². The van der Waals surface area contributed by atoms with E-state index in [0.717, 1.165) is 38.4 Å². The van der Waals surface area contributed by atoms with Gasteiger partial charge in [0.25, 0.3) is 0 Å². The average molecular weight is 337 g/mol. The molecule has 0 aromatic rings. The lowest BCUT2D eigenvalue weighted by molar-refractivity contribution is -0.928. The number of piperidine rings is 1. The first-order valence-corrected chi connectivity index (χ1v) is 10.1. The highest BCUT2D eigenvalue weighted by atomic mass is 16.2. The molecule has 2 amide bonds. The number of carbonyl (C=O) groups excluding carboxylic acids is 2. The van der Waals surface area contributed by atoms with E-state index in [1.54, 1.807) is 4.90 Å². The summed E-state index contributed by atoms with van der Waals surface area (Å²) < 4.78 is 0. The quantitative estimate of drug-likeness (QED) is 0.703. The van der Waals surface area contributed by atoms with Crippen LogP contribution in [0, 0.1) is 5.92 Å². The summed E-state index contributed by atoms with van der Waals surface area (Å²) in [6.07, 6.45) is 10.2. The molecule has 1 saturated carbocycles. The Hall–Kier alpha value is -1.10. The number of carbonyl (C=O) groups is 2. The second-order valence-electron chi connectivity index (χ2n) is 8.09. The lowest BCUT2D eigenvalue weighted by Gasteiger charge is -2.30. The number of hydrogen-bond donors (Lipinski definition) is 2. The Morgan fingerprint density at radius 1 is 1.21 bits per heavy atom. The van der Waals surface area contributed by atoms with Crippen LogP contribution < -0.4 is 10.2 Å². The minimum absolute atomic E-state index is 0.0885. The molecule has 2 aliphatic heterocycles. The molecule has 5 nitrogen and oxygen atoms in total. The van der Waals surface area contributed by atoms with Crippen LogP contribution in [0.2, 0.25) is 0 Å². The fourth-order valence-electron chi connectivity index (χ4n) is 4.77. The summed E-state index contributed by atoms with van der Waals surface area (Å²) in [7, 11) is 0. The lowest BCUT2D eigenvalue weighted by Crippen LogP contribution is -3.16. The van der Waals surface area contributed by atoms with Crippen molar-refractivity contribution in [3.05, 3.63) is 0 Å². The Balaban J connectivity index is 1.35. The van der Waals surface area contributed by atoms with Gasteiger partial charge in [-0.2, -0.15) is 0 Å². The molecule has 0 radical (unpaired) electrons. The molecular weight excluding hydrogens is 302 g/mol. The summed E-state index contributed by atoms with van der Waals surface area (Å²) in [5.41, 5.74) is 0. The van der Waals surface area contributed by atoms with Crippen molar-refractivity contribution in [2.75, 3.05) is 26.2 Å². The molecule has 3 fully saturated rings. The van der Waals surface area contributed by atoms with Crippen molar-refractivity contribution < 1.29 is 14.5 Å². The van der Waals surface area contributed by atoms with Gasteiger partial charge in [-0.25, -0.2) is 0 Å². The normalized spacial score (nSPS) is 31.6. The molecule has 3 atom stereocenters. The molecule has 5 heteroatoms. The van der Waals surface area contributed by atoms with Crippen molar-refractivity contribution in [3.8, 4) is 0 Å². The van der Waals surface area contributed by atoms with Crippen LogP contribution in [0.1, 0.15) is 64.7 Å². The fourth-order valence-corrected chi connectivity index (χ4v) is 4.77. The summed E-state index contributed by atoms with van der Waals surface area (Å²) in [5.74, 6) is 0.151. The standard InChI is InChI=1S/C19H33N3O2/c1-15-7-4-5-11-21(15)12-6-10-20-19(24)16-13-18(23)22(14-16)17-8-2-3-9-17/h15-17H,2-14H2,1H3,(H,20,24)/p+1. The fraction of sp³-hybridized carbons (Fsp3) is 0.895. The number of nitrogens with one attached hydrogen (secondary N) is 2. The summed E-state index contributed by atoms with van der Waals surface area (Å²) in [6, 6.07) is 1.17. The van der Waals surface area contributed by atoms with Crippen molar-refractivity contribution in [1.82, 2.24) is 10.2 Å². The van der Waals surface area contributed by atoms with Gasteiger partial charge in [0.1, 0.15) is 0 Å². The van der Waals surface area contributed by atoms with Crippen LogP contribution >= 0.6 is 0 Å². The zero-order chi connectivity index (χ0) is 16.9. The second-order valence-corrected chi connectivity index (χ2v) is 8.09. The second kappa shape index (κ2) is 8.32. The van der Waals surface area contributed by atoms with Crippen molar-refractivity contribution in [1.29, 1.82) is 0 Å². The van der Waals surface area contributed by atoms with Gasteiger partial charge in [0.15, 0.2) is 0 Å². The summed E-state index contributed by atoms with van der Waals surface area (Å²) in [5, 5.41) is 3.08. The van der Waals surface area contributed by atoms with Crippen molar-refractivity contribution >= 4 is 11.8 Å². The van der Waals surface area contributed by atoms with Gasteiger partial charge in [0.2, 0.25) is 11.8 Å². The molecule has 2 N–H and O–H groups in total. The third-order valence-electron chi connectivity index (χ3n) is 6.35. The van der Waals surface area contributed by atoms with Gasteiger partial charge in [-0.15, -0.1) is 0 Å². The molecule has 0 aromatic carbocycles. The van der Waals surface area contributed by atoms with Crippen LogP contribution in [0.25, 0.3) is 0 Å². The Kier molecular flexibility index (Phi) is 6.14. The Labute approximate surface area is 146 Å². The van der Waals surface area contributed by atoms with E-state index in [1.165, 1.54) is 38.6 Å². The summed E-state index contributed by atoms with van der Waals surface area (Å²) in [6.45, 7) is 6.17. The first kappa shape index (κ1) is 17.7. The minimum Gasteiger partial charge on any atom is -0.356 e. The molecule has 2 saturated heterocycles. The first-order valence-electron chi connectivity index (χ1n) is 10.1. The highest BCUT2D eigenvalue weighted by molar-refractivity contribution is 5.89. The van der Waals surface area contributed by atoms with Gasteiger partial charge in [0.05, 0.1) is 25.0 Å². The third kappa shape index (κ3) is 4.29. The molecule has 24 heavy (non-hydrogen) atoms. The van der Waals surface area contributed by atoms with Crippen LogP contribution in [0.3, 0.4) is 0 Å². The van der Waals surface area contributed by atoms with Crippen molar-refractivity contribution in [3.63, 3.8) is 0 Å². The van der Waals surface area contributed by atoms with E-state index < -0.39 is 0 Å². The van der Waals surface area contributed by atoms with Crippen LogP contribution in [0.5, 0.6) is 0 Å². The number of nitrogens with zero attached hydrogens (tertiary/aromatic N) is 1. The predicted molar refractivity (Wildman–Crippen MR) is 93.7 cm³/mol. The van der Waals surface area contributed by atoms with E-state index in [2.05, 4.69) is 12.2 Å². The first-order chi connectivity index (χ1) is 11.6. The van der Waals surface area contributed by atoms with Gasteiger partial charge in [0, 0.05) is 32.0 Å². The molecule has 1 aliphatic carbocycles. The molecule has 2 heterocycles. The third-order valence-corrected chi connectivity index (χ3v) is 6.35. The molecule has 136 valence electrons. The number of hydrogen-bond acceptors (Lipinski definition) is 2. The topological polar surface area (TPSA) is 53.9 Å². The van der Waals surface area contributed by atoms with Crippen LogP contribution in [-0.2, 0) is 9.59 Å². The number of rotatable bonds is 6. The SMILES string of the molecule is CC1CCCC[NH+]1CCCNC(=O)C1CC(=O)N(C2CCCC2)C1. The van der Waals surface area contributed by atoms with E-state index in [9.17, 15) is 9.59 Å². The molecule has 3 unspecified atom stereocenters. The van der Waals surface area contributed by atoms with Crippen molar-refractivity contribution in [2.24, 2.45) is 5.92 Å². The maximum absolute atomic E-state index is 12.4. The summed E-state index contributed by atoms with van der Waals surface area (Å²) >= 11 is 0. The van der Waals surface area contributed by atoms with E-state index in [0.29, 0.717) is 19.0 Å². The van der Waals surface area contributed by atoms with Crippen molar-refractivity contribution in [2.45, 2.75) is 76.8 Å². The number of quaternary nitrogens is 1. The Morgan fingerprint density at radius 3 is 2.71 bits per heavy atom.